The Kier molecular flexibility index (Phi) is 15.5. The number of hydrogen-bond acceptors (Lipinski definition) is 6. The molecule has 3 N–H and O–H groups in total. The molecule has 3 fully saturated rings. The molecule has 1 saturated heterocycles. The molecule has 10 nitrogen and oxygen atoms in total. The Morgan fingerprint density at radius 3 is 2.32 bits per heavy atom. The predicted octanol–water partition coefficient (Wildman–Crippen LogP) is 5.02. The summed E-state index contributed by atoms with van der Waals surface area (Å²) >= 11 is 0. The molecule has 3 amide bonds. The molecular formula is C36H48N4O6S. The van der Waals surface area contributed by atoms with Crippen molar-refractivity contribution in [2.75, 3.05) is 13.2 Å². The zero-order chi connectivity index (χ0) is 34.2. The number of nitrogens with zero attached hydrogens (tertiary/aromatic N) is 1. The van der Waals surface area contributed by atoms with Gasteiger partial charge in [-0.05, 0) is 76.5 Å². The molecule has 1 aromatic heterocycles. The van der Waals surface area contributed by atoms with Crippen LogP contribution < -0.4 is 15.5 Å². The highest BCUT2D eigenvalue weighted by Crippen LogP contribution is 2.24. The van der Waals surface area contributed by atoms with E-state index in [-0.39, 0.29) is 28.5 Å². The minimum atomic E-state index is -1.08. The van der Waals surface area contributed by atoms with Gasteiger partial charge in [-0.15, -0.1) is 6.58 Å². The largest absolute Gasteiger partial charge is 0.369 e. The number of allylic oxidation sites excluding steroid dienone is 1. The minimum absolute atomic E-state index is 0.00653. The Hall–Kier alpha value is -4.09. The first-order chi connectivity index (χ1) is 22.7. The topological polar surface area (TPSA) is 138 Å². The summed E-state index contributed by atoms with van der Waals surface area (Å²) in [4.78, 5) is 50.8. The molecule has 11 heteroatoms. The number of nitrogens with one attached hydrogen (secondary N) is 3. The maximum atomic E-state index is 12.2. The Labute approximate surface area is 279 Å². The molecule has 2 saturated carbocycles. The van der Waals surface area contributed by atoms with Gasteiger partial charge >= 0.3 is 0 Å². The second-order valence-electron chi connectivity index (χ2n) is 11.5. The quantitative estimate of drug-likeness (QED) is 0.206. The number of aromatic amines is 1. The van der Waals surface area contributed by atoms with E-state index in [9.17, 15) is 23.4 Å². The van der Waals surface area contributed by atoms with Crippen LogP contribution in [0.1, 0.15) is 65.7 Å². The molecule has 2 aromatic carbocycles. The zero-order valence-corrected chi connectivity index (χ0v) is 28.4. The number of para-hydroxylation sites is 1. The SMILES string of the molecule is C=CCC.CCO[C@H](C)C(=O)N1CCCC1C(=O)NC1CC1.O=CNS(=O)C1CC1.O=c1cc(-c2ccccc2)[nH]c2ccccc12. The third-order valence-corrected chi connectivity index (χ3v) is 9.03. The van der Waals surface area contributed by atoms with Crippen LogP contribution in [-0.4, -0.2) is 68.9 Å². The van der Waals surface area contributed by atoms with E-state index in [4.69, 9.17) is 4.74 Å². The summed E-state index contributed by atoms with van der Waals surface area (Å²) < 4.78 is 18.1. The van der Waals surface area contributed by atoms with Crippen molar-refractivity contribution in [1.29, 1.82) is 0 Å². The average molecular weight is 665 g/mol. The van der Waals surface area contributed by atoms with Crippen molar-refractivity contribution in [2.24, 2.45) is 0 Å². The van der Waals surface area contributed by atoms with E-state index in [1.807, 2.05) is 67.6 Å². The van der Waals surface area contributed by atoms with Crippen LogP contribution in [0.2, 0.25) is 0 Å². The Balaban J connectivity index is 0.000000192. The van der Waals surface area contributed by atoms with Crippen LogP contribution >= 0.6 is 0 Å². The van der Waals surface area contributed by atoms with Crippen molar-refractivity contribution in [3.63, 3.8) is 0 Å². The van der Waals surface area contributed by atoms with Crippen LogP contribution in [0.15, 0.2) is 78.1 Å². The number of rotatable bonds is 10. The molecule has 254 valence electrons. The molecule has 1 aliphatic heterocycles. The van der Waals surface area contributed by atoms with Gasteiger partial charge in [0, 0.05) is 41.9 Å². The molecule has 47 heavy (non-hydrogen) atoms. The number of hydrogen-bond donors (Lipinski definition) is 3. The number of benzene rings is 2. The number of likely N-dealkylation sites (tertiary alicyclic amines) is 1. The lowest BCUT2D eigenvalue weighted by Crippen LogP contribution is -2.49. The lowest BCUT2D eigenvalue weighted by molar-refractivity contribution is -0.147. The fraction of sp³-hybridized carbons (Fsp3) is 0.444. The van der Waals surface area contributed by atoms with Gasteiger partial charge in [0.1, 0.15) is 23.1 Å². The number of ether oxygens (including phenoxy) is 1. The second kappa shape index (κ2) is 19.5. The van der Waals surface area contributed by atoms with Gasteiger partial charge in [0.25, 0.3) is 5.91 Å². The van der Waals surface area contributed by atoms with Crippen molar-refractivity contribution in [3.05, 3.63) is 83.5 Å². The zero-order valence-electron chi connectivity index (χ0n) is 27.6. The molecule has 6 rings (SSSR count). The van der Waals surface area contributed by atoms with E-state index in [1.54, 1.807) is 17.9 Å². The first-order valence-corrected chi connectivity index (χ1v) is 17.6. The highest BCUT2D eigenvalue weighted by molar-refractivity contribution is 7.84. The standard InChI is InChI=1S/C15H11NO.C13H22N2O3.C4H7NO2S.C4H8/c17-15-10-14(11-6-2-1-3-7-11)16-13-9-5-4-8-12(13)15;1-3-18-9(2)13(17)15-8-4-5-11(15)12(16)14-10-6-7-10;6-3-5-8(7)4-1-2-4;1-3-4-2/h1-10H,(H,16,17);9-11H,3-8H2,1-2H3,(H,14,16);3-4H,1-2H2,(H,5,6);3H,1,4H2,2H3/t;9-,11?;;/m.1../s1. The van der Waals surface area contributed by atoms with Crippen LogP contribution in [0.5, 0.6) is 0 Å². The molecule has 3 atom stereocenters. The Morgan fingerprint density at radius 2 is 1.72 bits per heavy atom. The molecule has 0 bridgehead atoms. The number of fused-ring (bicyclic) bond motifs is 1. The van der Waals surface area contributed by atoms with Gasteiger partial charge < -0.3 is 19.9 Å². The van der Waals surface area contributed by atoms with E-state index in [1.165, 1.54) is 0 Å². The predicted molar refractivity (Wildman–Crippen MR) is 188 cm³/mol. The molecule has 3 aromatic rings. The van der Waals surface area contributed by atoms with Crippen LogP contribution in [0.4, 0.5) is 0 Å². The average Bonchev–Trinajstić information content (AvgIpc) is 4.04. The van der Waals surface area contributed by atoms with Crippen molar-refractivity contribution >= 4 is 40.1 Å². The van der Waals surface area contributed by atoms with Crippen LogP contribution in [0, 0.1) is 0 Å². The van der Waals surface area contributed by atoms with Gasteiger partial charge in [-0.1, -0.05) is 55.5 Å². The lowest BCUT2D eigenvalue weighted by Gasteiger charge is -2.26. The van der Waals surface area contributed by atoms with Crippen molar-refractivity contribution in [3.8, 4) is 11.3 Å². The van der Waals surface area contributed by atoms with Crippen LogP contribution in [0.25, 0.3) is 22.2 Å². The number of H-pyrrole nitrogens is 1. The summed E-state index contributed by atoms with van der Waals surface area (Å²) in [5.41, 5.74) is 2.81. The van der Waals surface area contributed by atoms with Gasteiger partial charge in [0.05, 0.1) is 5.25 Å². The minimum Gasteiger partial charge on any atom is -0.369 e. The molecule has 3 aliphatic rings. The number of carbonyl (C=O) groups is 3. The Morgan fingerprint density at radius 1 is 1.06 bits per heavy atom. The summed E-state index contributed by atoms with van der Waals surface area (Å²) in [6, 6.07) is 19.1. The fourth-order valence-electron chi connectivity index (χ4n) is 4.78. The monoisotopic (exact) mass is 664 g/mol. The number of amides is 3. The van der Waals surface area contributed by atoms with Gasteiger partial charge in [0.15, 0.2) is 5.43 Å². The molecule has 2 aliphatic carbocycles. The Bertz CT molecular complexity index is 1540. The normalized spacial score (nSPS) is 17.7. The number of pyridine rings is 1. The second-order valence-corrected chi connectivity index (χ2v) is 13.0. The maximum Gasteiger partial charge on any atom is 0.252 e. The van der Waals surface area contributed by atoms with Crippen molar-refractivity contribution < 1.29 is 23.3 Å². The lowest BCUT2D eigenvalue weighted by atomic mass is 10.1. The molecule has 2 heterocycles. The highest BCUT2D eigenvalue weighted by atomic mass is 32.2. The van der Waals surface area contributed by atoms with Gasteiger partial charge in [0.2, 0.25) is 12.3 Å². The van der Waals surface area contributed by atoms with Crippen molar-refractivity contribution in [1.82, 2.24) is 19.9 Å². The fourth-order valence-corrected chi connectivity index (χ4v) is 5.63. The summed E-state index contributed by atoms with van der Waals surface area (Å²) in [6.45, 7) is 10.3. The molecular weight excluding hydrogens is 616 g/mol. The highest BCUT2D eigenvalue weighted by Gasteiger charge is 2.38. The molecule has 0 radical (unpaired) electrons. The van der Waals surface area contributed by atoms with E-state index >= 15 is 0 Å². The summed E-state index contributed by atoms with van der Waals surface area (Å²) in [5.74, 6) is -0.0580. The maximum absolute atomic E-state index is 12.2. The third kappa shape index (κ3) is 12.2. The first-order valence-electron chi connectivity index (χ1n) is 16.3. The smallest absolute Gasteiger partial charge is 0.252 e. The summed E-state index contributed by atoms with van der Waals surface area (Å²) in [7, 11) is -1.08. The number of carbonyl (C=O) groups excluding carboxylic acids is 3. The van der Waals surface area contributed by atoms with Gasteiger partial charge in [-0.2, -0.15) is 0 Å². The number of aromatic nitrogens is 1. The third-order valence-electron chi connectivity index (χ3n) is 7.63. The van der Waals surface area contributed by atoms with E-state index in [0.29, 0.717) is 25.6 Å². The van der Waals surface area contributed by atoms with Crippen molar-refractivity contribution in [2.45, 2.75) is 89.2 Å². The van der Waals surface area contributed by atoms with E-state index in [0.717, 1.165) is 67.1 Å². The van der Waals surface area contributed by atoms with E-state index in [2.05, 4.69) is 28.5 Å². The summed E-state index contributed by atoms with van der Waals surface area (Å²) in [5, 5.41) is 3.96. The first kappa shape index (κ1) is 37.4. The van der Waals surface area contributed by atoms with Crippen LogP contribution in [0.3, 0.4) is 0 Å². The molecule has 2 unspecified atom stereocenters. The molecule has 0 spiro atoms. The summed E-state index contributed by atoms with van der Waals surface area (Å²) in [6.07, 6.45) is 8.78. The van der Waals surface area contributed by atoms with Crippen LogP contribution in [-0.2, 0) is 30.1 Å². The van der Waals surface area contributed by atoms with E-state index < -0.39 is 17.1 Å². The van der Waals surface area contributed by atoms with Gasteiger partial charge in [-0.3, -0.25) is 23.9 Å². The van der Waals surface area contributed by atoms with Gasteiger partial charge in [-0.25, -0.2) is 4.21 Å².